The average Bonchev–Trinajstić information content (AvgIpc) is 3.02. The number of carbonyl (C=O) groups is 2. The summed E-state index contributed by atoms with van der Waals surface area (Å²) in [7, 11) is 0. The summed E-state index contributed by atoms with van der Waals surface area (Å²) in [6, 6.07) is 17.8. The van der Waals surface area contributed by atoms with E-state index in [4.69, 9.17) is 5.11 Å². The summed E-state index contributed by atoms with van der Waals surface area (Å²) in [6.45, 7) is 4.14. The highest BCUT2D eigenvalue weighted by molar-refractivity contribution is 6.11. The standard InChI is InChI=1S/C15H15NO2.C15H13NO.CH4/c1-11-4-2-3-5-12(11)6-7-13-8-9-16-10-14(13)15(17)18;1-10-3-2-4-13-12(10)6-5-11-7-8-16-9-14(11)15(13)17;/h2-5,8-10H,6-7H2,1H3,(H,17,18);2-4,7-9H,5-6H2,1H3;1H4. The molecule has 1 aliphatic carbocycles. The number of hydrogen-bond acceptors (Lipinski definition) is 4. The molecule has 2 aromatic heterocycles. The highest BCUT2D eigenvalue weighted by Crippen LogP contribution is 2.25. The van der Waals surface area contributed by atoms with Gasteiger partial charge in [0.05, 0.1) is 5.56 Å². The van der Waals surface area contributed by atoms with E-state index >= 15 is 0 Å². The number of pyridine rings is 2. The molecular weight excluding hydrogens is 448 g/mol. The Kier molecular flexibility index (Phi) is 8.85. The van der Waals surface area contributed by atoms with Crippen molar-refractivity contribution in [3.8, 4) is 0 Å². The van der Waals surface area contributed by atoms with Crippen LogP contribution >= 0.6 is 0 Å². The average molecular weight is 481 g/mol. The Bertz CT molecular complexity index is 1380. The van der Waals surface area contributed by atoms with Crippen LogP contribution in [0, 0.1) is 13.8 Å². The van der Waals surface area contributed by atoms with Crippen LogP contribution < -0.4 is 0 Å². The van der Waals surface area contributed by atoms with Crippen molar-refractivity contribution in [1.29, 1.82) is 0 Å². The molecule has 5 heteroatoms. The van der Waals surface area contributed by atoms with Crippen LogP contribution in [0.2, 0.25) is 0 Å². The fourth-order valence-electron chi connectivity index (χ4n) is 4.49. The highest BCUT2D eigenvalue weighted by atomic mass is 16.4. The van der Waals surface area contributed by atoms with E-state index in [1.807, 2.05) is 30.3 Å². The lowest BCUT2D eigenvalue weighted by Crippen LogP contribution is -2.05. The zero-order chi connectivity index (χ0) is 24.8. The molecule has 0 aliphatic heterocycles. The van der Waals surface area contributed by atoms with Gasteiger partial charge >= 0.3 is 5.97 Å². The third kappa shape index (κ3) is 5.92. The van der Waals surface area contributed by atoms with Gasteiger partial charge in [-0.25, -0.2) is 4.79 Å². The molecule has 4 aromatic rings. The number of aromatic carboxylic acids is 1. The van der Waals surface area contributed by atoms with E-state index in [1.54, 1.807) is 24.7 Å². The molecule has 0 atom stereocenters. The van der Waals surface area contributed by atoms with Gasteiger partial charge in [0.15, 0.2) is 5.78 Å². The van der Waals surface area contributed by atoms with E-state index in [1.165, 1.54) is 28.5 Å². The molecular formula is C31H32N2O3. The molecule has 0 saturated heterocycles. The maximum Gasteiger partial charge on any atom is 0.337 e. The summed E-state index contributed by atoms with van der Waals surface area (Å²) in [6.07, 6.45) is 9.91. The van der Waals surface area contributed by atoms with Gasteiger partial charge in [-0.05, 0) is 85.0 Å². The summed E-state index contributed by atoms with van der Waals surface area (Å²) in [4.78, 5) is 31.4. The molecule has 184 valence electrons. The van der Waals surface area contributed by atoms with E-state index in [0.29, 0.717) is 5.56 Å². The van der Waals surface area contributed by atoms with Gasteiger partial charge in [0.1, 0.15) is 0 Å². The highest BCUT2D eigenvalue weighted by Gasteiger charge is 2.21. The molecule has 1 N–H and O–H groups in total. The summed E-state index contributed by atoms with van der Waals surface area (Å²) in [5, 5.41) is 9.08. The Hall–Kier alpha value is -4.12. The Balaban J connectivity index is 0.000000195. The number of carboxylic acids is 1. The molecule has 0 radical (unpaired) electrons. The van der Waals surface area contributed by atoms with Crippen LogP contribution in [0.1, 0.15) is 67.1 Å². The molecule has 5 rings (SSSR count). The van der Waals surface area contributed by atoms with Crippen molar-refractivity contribution < 1.29 is 14.7 Å². The minimum Gasteiger partial charge on any atom is -0.478 e. The quantitative estimate of drug-likeness (QED) is 0.375. The second-order valence-corrected chi connectivity index (χ2v) is 8.73. The van der Waals surface area contributed by atoms with Crippen LogP contribution in [0.15, 0.2) is 79.4 Å². The van der Waals surface area contributed by atoms with Gasteiger partial charge in [-0.3, -0.25) is 14.8 Å². The number of fused-ring (bicyclic) bond motifs is 2. The first-order valence-corrected chi connectivity index (χ1v) is 11.7. The Morgan fingerprint density at radius 1 is 0.806 bits per heavy atom. The van der Waals surface area contributed by atoms with Crippen LogP contribution in [0.4, 0.5) is 0 Å². The molecule has 1 aliphatic rings. The number of aryl methyl sites for hydroxylation is 5. The fraction of sp³-hybridized carbons (Fsp3) is 0.226. The minimum absolute atomic E-state index is 0. The normalized spacial score (nSPS) is 11.7. The third-order valence-electron chi connectivity index (χ3n) is 6.52. The molecule has 0 fully saturated rings. The Morgan fingerprint density at radius 2 is 1.50 bits per heavy atom. The number of benzene rings is 2. The number of carboxylic acid groups (broad SMARTS) is 1. The molecule has 0 spiro atoms. The topological polar surface area (TPSA) is 80.2 Å². The van der Waals surface area contributed by atoms with Gasteiger partial charge < -0.3 is 5.11 Å². The van der Waals surface area contributed by atoms with Crippen molar-refractivity contribution >= 4 is 11.8 Å². The minimum atomic E-state index is -0.914. The van der Waals surface area contributed by atoms with Gasteiger partial charge in [0.2, 0.25) is 0 Å². The largest absolute Gasteiger partial charge is 0.478 e. The van der Waals surface area contributed by atoms with E-state index in [2.05, 4.69) is 42.0 Å². The van der Waals surface area contributed by atoms with Gasteiger partial charge in [-0.15, -0.1) is 0 Å². The van der Waals surface area contributed by atoms with Crippen LogP contribution in [-0.4, -0.2) is 26.8 Å². The first-order chi connectivity index (χ1) is 17.0. The molecule has 0 amide bonds. The first-order valence-electron chi connectivity index (χ1n) is 11.7. The summed E-state index contributed by atoms with van der Waals surface area (Å²) >= 11 is 0. The molecule has 36 heavy (non-hydrogen) atoms. The lowest BCUT2D eigenvalue weighted by atomic mass is 9.96. The lowest BCUT2D eigenvalue weighted by molar-refractivity contribution is 0.0695. The van der Waals surface area contributed by atoms with Crippen molar-refractivity contribution in [2.75, 3.05) is 0 Å². The van der Waals surface area contributed by atoms with Crippen LogP contribution in [0.25, 0.3) is 0 Å². The lowest BCUT2D eigenvalue weighted by Gasteiger charge is -2.07. The first kappa shape index (κ1) is 26.5. The van der Waals surface area contributed by atoms with E-state index < -0.39 is 5.97 Å². The monoisotopic (exact) mass is 480 g/mol. The number of carbonyl (C=O) groups excluding carboxylic acids is 1. The molecule has 0 bridgehead atoms. The van der Waals surface area contributed by atoms with E-state index in [0.717, 1.165) is 47.9 Å². The van der Waals surface area contributed by atoms with Crippen molar-refractivity contribution in [2.45, 2.75) is 47.0 Å². The van der Waals surface area contributed by atoms with Gasteiger partial charge in [-0.1, -0.05) is 49.9 Å². The maximum atomic E-state index is 12.4. The van der Waals surface area contributed by atoms with E-state index in [9.17, 15) is 9.59 Å². The Morgan fingerprint density at radius 3 is 2.28 bits per heavy atom. The van der Waals surface area contributed by atoms with Crippen molar-refractivity contribution in [2.24, 2.45) is 0 Å². The number of aromatic nitrogens is 2. The summed E-state index contributed by atoms with van der Waals surface area (Å²) < 4.78 is 0. The van der Waals surface area contributed by atoms with Crippen molar-refractivity contribution in [3.05, 3.63) is 129 Å². The summed E-state index contributed by atoms with van der Waals surface area (Å²) in [5.41, 5.74) is 8.74. The maximum absolute atomic E-state index is 12.4. The Labute approximate surface area is 212 Å². The zero-order valence-electron chi connectivity index (χ0n) is 20.0. The number of ketones is 1. The van der Waals surface area contributed by atoms with E-state index in [-0.39, 0.29) is 13.2 Å². The van der Waals surface area contributed by atoms with Gasteiger partial charge in [0.25, 0.3) is 0 Å². The zero-order valence-corrected chi connectivity index (χ0v) is 20.0. The van der Waals surface area contributed by atoms with Crippen LogP contribution in [0.3, 0.4) is 0 Å². The van der Waals surface area contributed by atoms with Crippen molar-refractivity contribution in [1.82, 2.24) is 9.97 Å². The smallest absolute Gasteiger partial charge is 0.337 e. The summed E-state index contributed by atoms with van der Waals surface area (Å²) in [5.74, 6) is -0.799. The fourth-order valence-corrected chi connectivity index (χ4v) is 4.49. The third-order valence-corrected chi connectivity index (χ3v) is 6.52. The van der Waals surface area contributed by atoms with Gasteiger partial charge in [-0.2, -0.15) is 0 Å². The second kappa shape index (κ2) is 12.0. The predicted molar refractivity (Wildman–Crippen MR) is 143 cm³/mol. The molecule has 0 saturated carbocycles. The predicted octanol–water partition coefficient (Wildman–Crippen LogP) is 6.23. The number of rotatable bonds is 4. The van der Waals surface area contributed by atoms with Crippen LogP contribution in [-0.2, 0) is 25.7 Å². The van der Waals surface area contributed by atoms with Crippen LogP contribution in [0.5, 0.6) is 0 Å². The van der Waals surface area contributed by atoms with Crippen molar-refractivity contribution in [3.63, 3.8) is 0 Å². The molecule has 5 nitrogen and oxygen atoms in total. The second-order valence-electron chi connectivity index (χ2n) is 8.73. The number of nitrogens with zero attached hydrogens (tertiary/aromatic N) is 2. The van der Waals surface area contributed by atoms with Gasteiger partial charge in [0, 0.05) is 35.9 Å². The molecule has 2 heterocycles. The molecule has 2 aromatic carbocycles. The number of hydrogen-bond donors (Lipinski definition) is 1. The SMILES string of the molecule is C.Cc1cccc2c1CCc1ccncc1C2=O.Cc1ccccc1CCc1ccncc1C(=O)O. The molecule has 0 unspecified atom stereocenters.